The summed E-state index contributed by atoms with van der Waals surface area (Å²) < 4.78 is 16.0. The quantitative estimate of drug-likeness (QED) is 0.787. The number of ether oxygens (including phenoxy) is 3. The Labute approximate surface area is 102 Å². The smallest absolute Gasteiger partial charge is 0.203 e. The van der Waals surface area contributed by atoms with Gasteiger partial charge in [-0.25, -0.2) is 0 Å². The molecule has 0 aliphatic carbocycles. The van der Waals surface area contributed by atoms with E-state index in [4.69, 9.17) is 19.5 Å². The van der Waals surface area contributed by atoms with Gasteiger partial charge >= 0.3 is 0 Å². The number of para-hydroxylation sites is 1. The topological polar surface area (TPSA) is 51.5 Å². The maximum atomic E-state index is 8.93. The average Bonchev–Trinajstić information content (AvgIpc) is 2.35. The number of hydrogen-bond donors (Lipinski definition) is 0. The molecule has 0 aliphatic heterocycles. The number of hydrogen-bond acceptors (Lipinski definition) is 4. The molecule has 0 unspecified atom stereocenters. The van der Waals surface area contributed by atoms with Crippen LogP contribution in [0, 0.1) is 16.7 Å². The van der Waals surface area contributed by atoms with Crippen molar-refractivity contribution in [3.8, 4) is 23.3 Å². The predicted octanol–water partition coefficient (Wildman–Crippen LogP) is 2.63. The van der Waals surface area contributed by atoms with E-state index < -0.39 is 5.41 Å². The van der Waals surface area contributed by atoms with Gasteiger partial charge in [0.2, 0.25) is 5.75 Å². The van der Waals surface area contributed by atoms with Crippen LogP contribution < -0.4 is 14.2 Å². The van der Waals surface area contributed by atoms with Crippen molar-refractivity contribution < 1.29 is 14.2 Å². The van der Waals surface area contributed by atoms with Crippen molar-refractivity contribution in [3.63, 3.8) is 0 Å². The van der Waals surface area contributed by atoms with Crippen molar-refractivity contribution >= 4 is 0 Å². The van der Waals surface area contributed by atoms with Crippen LogP contribution in [-0.2, 0) is 0 Å². The number of benzene rings is 1. The number of rotatable bonds is 5. The molecule has 0 saturated heterocycles. The molecule has 0 heterocycles. The zero-order chi connectivity index (χ0) is 12.9. The van der Waals surface area contributed by atoms with Gasteiger partial charge in [-0.2, -0.15) is 5.26 Å². The highest BCUT2D eigenvalue weighted by Gasteiger charge is 2.20. The van der Waals surface area contributed by atoms with Gasteiger partial charge in [0.05, 0.1) is 25.7 Å². The van der Waals surface area contributed by atoms with Crippen LogP contribution in [0.2, 0.25) is 0 Å². The second kappa shape index (κ2) is 5.44. The van der Waals surface area contributed by atoms with Crippen LogP contribution in [0.15, 0.2) is 18.2 Å². The average molecular weight is 235 g/mol. The summed E-state index contributed by atoms with van der Waals surface area (Å²) in [6, 6.07) is 7.58. The number of methoxy groups -OCH3 is 2. The second-order valence-electron chi connectivity index (χ2n) is 4.28. The standard InChI is InChI=1S/C13H17NO3/c1-13(2,8-14)9-17-12-10(15-3)6-5-7-11(12)16-4/h5-7H,9H2,1-4H3. The molecular formula is C13H17NO3. The Morgan fingerprint density at radius 2 is 1.71 bits per heavy atom. The SMILES string of the molecule is COc1cccc(OC)c1OCC(C)(C)C#N. The molecule has 1 rings (SSSR count). The maximum Gasteiger partial charge on any atom is 0.203 e. The fourth-order valence-corrected chi connectivity index (χ4v) is 1.24. The van der Waals surface area contributed by atoms with Crippen LogP contribution in [0.25, 0.3) is 0 Å². The molecule has 0 saturated carbocycles. The highest BCUT2D eigenvalue weighted by molar-refractivity contribution is 5.51. The van der Waals surface area contributed by atoms with E-state index >= 15 is 0 Å². The van der Waals surface area contributed by atoms with Gasteiger partial charge in [-0.1, -0.05) is 6.07 Å². The molecule has 4 nitrogen and oxygen atoms in total. The monoisotopic (exact) mass is 235 g/mol. The molecule has 1 aromatic rings. The Morgan fingerprint density at radius 3 is 2.12 bits per heavy atom. The molecule has 17 heavy (non-hydrogen) atoms. The zero-order valence-electron chi connectivity index (χ0n) is 10.6. The van der Waals surface area contributed by atoms with Gasteiger partial charge in [0, 0.05) is 0 Å². The van der Waals surface area contributed by atoms with Gasteiger partial charge in [-0.15, -0.1) is 0 Å². The molecule has 0 spiro atoms. The lowest BCUT2D eigenvalue weighted by atomic mass is 9.98. The lowest BCUT2D eigenvalue weighted by molar-refractivity contribution is 0.209. The lowest BCUT2D eigenvalue weighted by Gasteiger charge is -2.19. The molecule has 92 valence electrons. The Kier molecular flexibility index (Phi) is 4.22. The summed E-state index contributed by atoms with van der Waals surface area (Å²) in [4.78, 5) is 0. The van der Waals surface area contributed by atoms with Crippen LogP contribution in [0.4, 0.5) is 0 Å². The summed E-state index contributed by atoms with van der Waals surface area (Å²) in [5.74, 6) is 1.72. The highest BCUT2D eigenvalue weighted by atomic mass is 16.5. The first-order valence-electron chi connectivity index (χ1n) is 5.29. The molecule has 0 amide bonds. The van der Waals surface area contributed by atoms with Crippen LogP contribution in [0.5, 0.6) is 17.2 Å². The van der Waals surface area contributed by atoms with E-state index in [0.29, 0.717) is 17.2 Å². The summed E-state index contributed by atoms with van der Waals surface area (Å²) in [5.41, 5.74) is -0.550. The summed E-state index contributed by atoms with van der Waals surface area (Å²) in [5, 5.41) is 8.93. The minimum atomic E-state index is -0.550. The van der Waals surface area contributed by atoms with Crippen molar-refractivity contribution in [2.45, 2.75) is 13.8 Å². The Hall–Kier alpha value is -1.89. The van der Waals surface area contributed by atoms with E-state index in [0.717, 1.165) is 0 Å². The van der Waals surface area contributed by atoms with E-state index in [-0.39, 0.29) is 6.61 Å². The molecule has 0 aromatic heterocycles. The van der Waals surface area contributed by atoms with Gasteiger partial charge in [0.1, 0.15) is 6.61 Å². The first kappa shape index (κ1) is 13.2. The third-order valence-corrected chi connectivity index (χ3v) is 2.26. The first-order chi connectivity index (χ1) is 8.04. The lowest BCUT2D eigenvalue weighted by Crippen LogP contribution is -2.19. The minimum absolute atomic E-state index is 0.278. The van der Waals surface area contributed by atoms with Crippen molar-refractivity contribution in [2.24, 2.45) is 5.41 Å². The van der Waals surface area contributed by atoms with E-state index in [1.165, 1.54) is 0 Å². The number of nitrogens with zero attached hydrogens (tertiary/aromatic N) is 1. The van der Waals surface area contributed by atoms with Gasteiger partial charge in [0.15, 0.2) is 11.5 Å². The summed E-state index contributed by atoms with van der Waals surface area (Å²) in [6.07, 6.45) is 0. The van der Waals surface area contributed by atoms with Crippen LogP contribution in [0.1, 0.15) is 13.8 Å². The fourth-order valence-electron chi connectivity index (χ4n) is 1.24. The Bertz CT molecular complexity index is 399. The van der Waals surface area contributed by atoms with Crippen molar-refractivity contribution in [3.05, 3.63) is 18.2 Å². The van der Waals surface area contributed by atoms with E-state index in [9.17, 15) is 0 Å². The molecule has 0 fully saturated rings. The number of nitriles is 1. The largest absolute Gasteiger partial charge is 0.493 e. The van der Waals surface area contributed by atoms with E-state index in [2.05, 4.69) is 6.07 Å². The predicted molar refractivity (Wildman–Crippen MR) is 64.4 cm³/mol. The molecule has 0 aliphatic rings. The van der Waals surface area contributed by atoms with Gasteiger partial charge in [0.25, 0.3) is 0 Å². The fraction of sp³-hybridized carbons (Fsp3) is 0.462. The molecular weight excluding hydrogens is 218 g/mol. The molecule has 4 heteroatoms. The van der Waals surface area contributed by atoms with Crippen LogP contribution in [0.3, 0.4) is 0 Å². The van der Waals surface area contributed by atoms with Crippen molar-refractivity contribution in [1.29, 1.82) is 5.26 Å². The zero-order valence-corrected chi connectivity index (χ0v) is 10.6. The Morgan fingerprint density at radius 1 is 1.18 bits per heavy atom. The third kappa shape index (κ3) is 3.28. The van der Waals surface area contributed by atoms with Crippen molar-refractivity contribution in [2.75, 3.05) is 20.8 Å². The molecule has 0 N–H and O–H groups in total. The van der Waals surface area contributed by atoms with Gasteiger partial charge < -0.3 is 14.2 Å². The maximum absolute atomic E-state index is 8.93. The van der Waals surface area contributed by atoms with Gasteiger partial charge in [-0.3, -0.25) is 0 Å². The molecule has 1 aromatic carbocycles. The molecule has 0 bridgehead atoms. The summed E-state index contributed by atoms with van der Waals surface area (Å²) in [6.45, 7) is 3.91. The summed E-state index contributed by atoms with van der Waals surface area (Å²) >= 11 is 0. The van der Waals surface area contributed by atoms with Crippen LogP contribution >= 0.6 is 0 Å². The Balaban J connectivity index is 2.93. The van der Waals surface area contributed by atoms with E-state index in [1.807, 2.05) is 19.9 Å². The van der Waals surface area contributed by atoms with Crippen molar-refractivity contribution in [1.82, 2.24) is 0 Å². The van der Waals surface area contributed by atoms with Gasteiger partial charge in [-0.05, 0) is 26.0 Å². The summed E-state index contributed by atoms with van der Waals surface area (Å²) in [7, 11) is 3.13. The van der Waals surface area contributed by atoms with E-state index in [1.54, 1.807) is 26.4 Å². The molecule has 0 atom stereocenters. The normalized spacial score (nSPS) is 10.5. The minimum Gasteiger partial charge on any atom is -0.493 e. The highest BCUT2D eigenvalue weighted by Crippen LogP contribution is 2.37. The van der Waals surface area contributed by atoms with Crippen LogP contribution in [-0.4, -0.2) is 20.8 Å². The molecule has 0 radical (unpaired) electrons. The first-order valence-corrected chi connectivity index (χ1v) is 5.29. The second-order valence-corrected chi connectivity index (χ2v) is 4.28. The third-order valence-electron chi connectivity index (χ3n) is 2.26.